The summed E-state index contributed by atoms with van der Waals surface area (Å²) in [4.78, 5) is 0. The normalized spacial score (nSPS) is 21.6. The number of halogens is 2. The molecule has 0 aromatic heterocycles. The van der Waals surface area contributed by atoms with Gasteiger partial charge in [-0.3, -0.25) is 0 Å². The largest absolute Gasteiger partial charge is 0.367 e. The predicted octanol–water partition coefficient (Wildman–Crippen LogP) is 1.33. The lowest BCUT2D eigenvalue weighted by Gasteiger charge is -1.98. The molecule has 0 rings (SSSR count). The maximum Gasteiger partial charge on any atom is 0.187 e. The lowest BCUT2D eigenvalue weighted by atomic mass is 10.9. The molecule has 1 atom stereocenters. The van der Waals surface area contributed by atoms with Crippen LogP contribution in [0.4, 0.5) is 0 Å². The van der Waals surface area contributed by atoms with Gasteiger partial charge < -0.3 is 5.11 Å². The molecule has 0 saturated carbocycles. The van der Waals surface area contributed by atoms with Crippen molar-refractivity contribution in [2.24, 2.45) is 0 Å². The van der Waals surface area contributed by atoms with Crippen LogP contribution in [-0.4, -0.2) is 8.17 Å². The molecule has 32 valence electrons. The molecule has 1 unspecified atom stereocenters. The summed E-state index contributed by atoms with van der Waals surface area (Å²) in [6.07, 6.45) is 0. The van der Waals surface area contributed by atoms with Crippen LogP contribution in [0.2, 0.25) is 0 Å². The van der Waals surface area contributed by atoms with Crippen LogP contribution < -0.4 is 0 Å². The van der Waals surface area contributed by atoms with E-state index in [-0.39, 0.29) is 0 Å². The zero-order valence-electron chi connectivity index (χ0n) is 2.70. The highest BCUT2D eigenvalue weighted by Crippen LogP contribution is 2.16. The minimum Gasteiger partial charge on any atom is -0.367 e. The molecular weight excluding hydrogens is 202 g/mol. The molecular formula is C2H4ClIO. The molecule has 0 heterocycles. The summed E-state index contributed by atoms with van der Waals surface area (Å²) in [5.74, 6) is 0. The third-order valence-electron chi connectivity index (χ3n) is 0. The van der Waals surface area contributed by atoms with Crippen molar-refractivity contribution in [1.29, 1.82) is 0 Å². The van der Waals surface area contributed by atoms with Gasteiger partial charge in [0.15, 0.2) is 3.07 Å². The minimum absolute atomic E-state index is 1.06. The van der Waals surface area contributed by atoms with Crippen LogP contribution in [0, 0.1) is 0 Å². The first-order valence-corrected chi connectivity index (χ1v) is 2.56. The highest BCUT2D eigenvalue weighted by molar-refractivity contribution is 14.1. The zero-order valence-corrected chi connectivity index (χ0v) is 5.62. The van der Waals surface area contributed by atoms with Crippen molar-refractivity contribution in [2.45, 2.75) is 9.99 Å². The first-order valence-electron chi connectivity index (χ1n) is 1.10. The van der Waals surface area contributed by atoms with Crippen LogP contribution in [-0.2, 0) is 0 Å². The average Bonchev–Trinajstić information content (AvgIpc) is 0.722. The summed E-state index contributed by atoms with van der Waals surface area (Å²) in [6, 6.07) is 0. The highest BCUT2D eigenvalue weighted by Gasteiger charge is 2.04. The van der Waals surface area contributed by atoms with Crippen molar-refractivity contribution in [1.82, 2.24) is 0 Å². The Balaban J connectivity index is 3.02. The van der Waals surface area contributed by atoms with E-state index in [0.717, 1.165) is 0 Å². The fourth-order valence-corrected chi connectivity index (χ4v) is 0. The van der Waals surface area contributed by atoms with Gasteiger partial charge in [-0.25, -0.2) is 0 Å². The minimum atomic E-state index is -1.06. The fourth-order valence-electron chi connectivity index (χ4n) is 0. The van der Waals surface area contributed by atoms with E-state index in [0.29, 0.717) is 0 Å². The maximum absolute atomic E-state index is 8.27. The second-order valence-electron chi connectivity index (χ2n) is 0.842. The molecule has 0 fully saturated rings. The monoisotopic (exact) mass is 206 g/mol. The van der Waals surface area contributed by atoms with Gasteiger partial charge in [0.2, 0.25) is 0 Å². The first kappa shape index (κ1) is 5.98. The fraction of sp³-hybridized carbons (Fsp3) is 1.00. The van der Waals surface area contributed by atoms with E-state index in [9.17, 15) is 0 Å². The van der Waals surface area contributed by atoms with Gasteiger partial charge in [0.1, 0.15) is 0 Å². The van der Waals surface area contributed by atoms with Gasteiger partial charge in [-0.05, 0) is 29.5 Å². The Morgan fingerprint density at radius 1 is 2.00 bits per heavy atom. The van der Waals surface area contributed by atoms with Gasteiger partial charge in [0.05, 0.1) is 0 Å². The van der Waals surface area contributed by atoms with Crippen LogP contribution in [0.3, 0.4) is 0 Å². The molecule has 5 heavy (non-hydrogen) atoms. The van der Waals surface area contributed by atoms with Gasteiger partial charge in [-0.2, -0.15) is 0 Å². The molecule has 0 saturated heterocycles. The number of rotatable bonds is 0. The number of aliphatic hydroxyl groups is 1. The van der Waals surface area contributed by atoms with E-state index in [1.54, 1.807) is 22.6 Å². The van der Waals surface area contributed by atoms with Gasteiger partial charge >= 0.3 is 0 Å². The van der Waals surface area contributed by atoms with Crippen molar-refractivity contribution in [3.8, 4) is 0 Å². The number of alkyl halides is 2. The van der Waals surface area contributed by atoms with E-state index in [1.165, 1.54) is 6.92 Å². The Labute approximate surface area is 49.5 Å². The Bertz CT molecular complexity index is 25.1. The van der Waals surface area contributed by atoms with Crippen molar-refractivity contribution in [2.75, 3.05) is 0 Å². The van der Waals surface area contributed by atoms with E-state index >= 15 is 0 Å². The first-order chi connectivity index (χ1) is 2.00. The SMILES string of the molecule is CC(O)(Cl)I. The lowest BCUT2D eigenvalue weighted by Crippen LogP contribution is -1.98. The van der Waals surface area contributed by atoms with E-state index in [2.05, 4.69) is 0 Å². The Morgan fingerprint density at radius 2 is 2.00 bits per heavy atom. The molecule has 1 N–H and O–H groups in total. The Kier molecular flexibility index (Phi) is 1.94. The molecule has 0 aliphatic carbocycles. The second kappa shape index (κ2) is 1.62. The van der Waals surface area contributed by atoms with E-state index < -0.39 is 3.07 Å². The summed E-state index contributed by atoms with van der Waals surface area (Å²) >= 11 is 6.77. The van der Waals surface area contributed by atoms with Crippen molar-refractivity contribution in [3.05, 3.63) is 0 Å². The summed E-state index contributed by atoms with van der Waals surface area (Å²) in [7, 11) is 0. The summed E-state index contributed by atoms with van der Waals surface area (Å²) in [5.41, 5.74) is 0. The topological polar surface area (TPSA) is 20.2 Å². The van der Waals surface area contributed by atoms with Crippen LogP contribution in [0.25, 0.3) is 0 Å². The molecule has 0 aliphatic heterocycles. The van der Waals surface area contributed by atoms with Crippen molar-refractivity contribution >= 4 is 34.2 Å². The highest BCUT2D eigenvalue weighted by atomic mass is 127. The lowest BCUT2D eigenvalue weighted by molar-refractivity contribution is 0.261. The maximum atomic E-state index is 8.27. The Morgan fingerprint density at radius 3 is 2.00 bits per heavy atom. The van der Waals surface area contributed by atoms with Crippen LogP contribution in [0.1, 0.15) is 6.92 Å². The standard InChI is InChI=1S/C2H4ClIO/c1-2(3,4)5/h5H,1H3. The molecule has 0 aliphatic rings. The molecule has 0 aromatic rings. The summed E-state index contributed by atoms with van der Waals surface area (Å²) in [6.45, 7) is 1.50. The van der Waals surface area contributed by atoms with Crippen LogP contribution in [0.15, 0.2) is 0 Å². The second-order valence-corrected chi connectivity index (χ2v) is 4.32. The van der Waals surface area contributed by atoms with Gasteiger partial charge in [0, 0.05) is 0 Å². The van der Waals surface area contributed by atoms with E-state index in [4.69, 9.17) is 16.7 Å². The molecule has 0 aromatic carbocycles. The van der Waals surface area contributed by atoms with Crippen LogP contribution >= 0.6 is 34.2 Å². The predicted molar refractivity (Wildman–Crippen MR) is 30.5 cm³/mol. The Hall–Kier alpha value is 0.980. The molecule has 0 radical (unpaired) electrons. The average molecular weight is 206 g/mol. The van der Waals surface area contributed by atoms with Gasteiger partial charge in [-0.1, -0.05) is 11.6 Å². The molecule has 0 bridgehead atoms. The van der Waals surface area contributed by atoms with Gasteiger partial charge in [0.25, 0.3) is 0 Å². The molecule has 0 amide bonds. The third-order valence-corrected chi connectivity index (χ3v) is 0. The smallest absolute Gasteiger partial charge is 0.187 e. The van der Waals surface area contributed by atoms with Crippen molar-refractivity contribution in [3.63, 3.8) is 0 Å². The third kappa shape index (κ3) is 46.0. The van der Waals surface area contributed by atoms with Crippen LogP contribution in [0.5, 0.6) is 0 Å². The molecule has 3 heteroatoms. The summed E-state index contributed by atoms with van der Waals surface area (Å²) < 4.78 is -1.06. The zero-order chi connectivity index (χ0) is 4.50. The number of hydrogen-bond donors (Lipinski definition) is 1. The molecule has 1 nitrogen and oxygen atoms in total. The number of hydrogen-bond acceptors (Lipinski definition) is 1. The van der Waals surface area contributed by atoms with E-state index in [1.807, 2.05) is 0 Å². The quantitative estimate of drug-likeness (QED) is 0.468. The van der Waals surface area contributed by atoms with Crippen molar-refractivity contribution < 1.29 is 5.11 Å². The summed E-state index contributed by atoms with van der Waals surface area (Å²) in [5, 5.41) is 8.27. The molecule has 0 spiro atoms. The van der Waals surface area contributed by atoms with Gasteiger partial charge in [-0.15, -0.1) is 0 Å².